The lowest BCUT2D eigenvalue weighted by Gasteiger charge is -2.08. The molecular formula is C6H11NO4. The average molecular weight is 161 g/mol. The van der Waals surface area contributed by atoms with Gasteiger partial charge in [-0.2, -0.15) is 0 Å². The molecule has 1 aliphatic heterocycles. The van der Waals surface area contributed by atoms with Crippen LogP contribution in [0.15, 0.2) is 0 Å². The lowest BCUT2D eigenvalue weighted by Crippen LogP contribution is -2.23. The zero-order chi connectivity index (χ0) is 8.27. The molecule has 0 saturated carbocycles. The van der Waals surface area contributed by atoms with E-state index < -0.39 is 12.1 Å². The average Bonchev–Trinajstić information content (AvgIpc) is 2.37. The molecule has 1 heterocycles. The molecule has 1 fully saturated rings. The largest absolute Gasteiger partial charge is 0.479 e. The minimum Gasteiger partial charge on any atom is -0.479 e. The molecule has 5 nitrogen and oxygen atoms in total. The van der Waals surface area contributed by atoms with Gasteiger partial charge < -0.3 is 14.7 Å². The molecule has 0 aliphatic carbocycles. The van der Waals surface area contributed by atoms with Crippen LogP contribution in [0.4, 0.5) is 0 Å². The Hall–Kier alpha value is -0.650. The Morgan fingerprint density at radius 1 is 1.73 bits per heavy atom. The van der Waals surface area contributed by atoms with Crippen molar-refractivity contribution in [1.29, 1.82) is 0 Å². The summed E-state index contributed by atoms with van der Waals surface area (Å²) in [7, 11) is 0. The van der Waals surface area contributed by atoms with Crippen molar-refractivity contribution in [2.75, 3.05) is 6.61 Å². The molecule has 0 amide bonds. The standard InChI is InChI=1S/C6H11NO4/c7-10-3-4-1-2-5(11-4)6(8)9/h4-5H,1-3,7H2,(H,8,9). The fraction of sp³-hybridized carbons (Fsp3) is 0.833. The summed E-state index contributed by atoms with van der Waals surface area (Å²) in [5.41, 5.74) is 0. The Kier molecular flexibility index (Phi) is 2.81. The van der Waals surface area contributed by atoms with Crippen LogP contribution in [0, 0.1) is 0 Å². The van der Waals surface area contributed by atoms with Crippen molar-refractivity contribution in [1.82, 2.24) is 0 Å². The van der Waals surface area contributed by atoms with Crippen molar-refractivity contribution >= 4 is 5.97 Å². The minimum atomic E-state index is -0.912. The van der Waals surface area contributed by atoms with Crippen molar-refractivity contribution in [2.24, 2.45) is 5.90 Å². The van der Waals surface area contributed by atoms with Gasteiger partial charge in [0.1, 0.15) is 0 Å². The number of hydrogen-bond donors (Lipinski definition) is 2. The van der Waals surface area contributed by atoms with E-state index in [-0.39, 0.29) is 12.7 Å². The Labute approximate surface area is 64.0 Å². The fourth-order valence-electron chi connectivity index (χ4n) is 1.12. The van der Waals surface area contributed by atoms with Gasteiger partial charge in [0, 0.05) is 0 Å². The van der Waals surface area contributed by atoms with E-state index in [0.717, 1.165) is 0 Å². The molecule has 2 atom stereocenters. The van der Waals surface area contributed by atoms with Crippen LogP contribution in [-0.4, -0.2) is 29.9 Å². The van der Waals surface area contributed by atoms with Crippen LogP contribution < -0.4 is 5.90 Å². The van der Waals surface area contributed by atoms with E-state index in [1.54, 1.807) is 0 Å². The Balaban J connectivity index is 2.29. The van der Waals surface area contributed by atoms with Gasteiger partial charge in [-0.3, -0.25) is 0 Å². The number of ether oxygens (including phenoxy) is 1. The maximum absolute atomic E-state index is 10.4. The number of carbonyl (C=O) groups is 1. The van der Waals surface area contributed by atoms with Gasteiger partial charge in [-0.05, 0) is 12.8 Å². The molecule has 0 spiro atoms. The maximum atomic E-state index is 10.4. The van der Waals surface area contributed by atoms with Gasteiger partial charge in [0.2, 0.25) is 0 Å². The summed E-state index contributed by atoms with van der Waals surface area (Å²) in [5.74, 6) is 3.89. The van der Waals surface area contributed by atoms with Crippen LogP contribution in [0.3, 0.4) is 0 Å². The normalized spacial score (nSPS) is 30.6. The SMILES string of the molecule is NOCC1CCC(C(=O)O)O1. The van der Waals surface area contributed by atoms with Crippen LogP contribution in [0.25, 0.3) is 0 Å². The topological polar surface area (TPSA) is 81.8 Å². The van der Waals surface area contributed by atoms with Crippen LogP contribution in [0.2, 0.25) is 0 Å². The molecule has 64 valence electrons. The second-order valence-electron chi connectivity index (χ2n) is 2.50. The molecule has 0 radical (unpaired) electrons. The lowest BCUT2D eigenvalue weighted by atomic mass is 10.2. The van der Waals surface area contributed by atoms with Crippen LogP contribution in [0.1, 0.15) is 12.8 Å². The minimum absolute atomic E-state index is 0.152. The molecule has 0 aromatic heterocycles. The highest BCUT2D eigenvalue weighted by molar-refractivity contribution is 5.72. The second-order valence-corrected chi connectivity index (χ2v) is 2.50. The molecule has 1 rings (SSSR count). The third kappa shape index (κ3) is 2.14. The van der Waals surface area contributed by atoms with E-state index in [0.29, 0.717) is 12.8 Å². The van der Waals surface area contributed by atoms with E-state index in [2.05, 4.69) is 4.84 Å². The first kappa shape index (κ1) is 8.45. The highest BCUT2D eigenvalue weighted by Crippen LogP contribution is 2.19. The van der Waals surface area contributed by atoms with Gasteiger partial charge in [-0.25, -0.2) is 10.7 Å². The molecule has 0 aromatic carbocycles. The van der Waals surface area contributed by atoms with Crippen LogP contribution >= 0.6 is 0 Å². The Bertz CT molecular complexity index is 150. The molecule has 1 aliphatic rings. The summed E-state index contributed by atoms with van der Waals surface area (Å²) in [6.07, 6.45) is 0.425. The van der Waals surface area contributed by atoms with Crippen molar-refractivity contribution < 1.29 is 19.5 Å². The first-order chi connectivity index (χ1) is 5.24. The van der Waals surface area contributed by atoms with Gasteiger partial charge in [0.05, 0.1) is 12.7 Å². The van der Waals surface area contributed by atoms with Crippen molar-refractivity contribution in [3.63, 3.8) is 0 Å². The van der Waals surface area contributed by atoms with Crippen molar-refractivity contribution in [2.45, 2.75) is 25.0 Å². The van der Waals surface area contributed by atoms with Crippen molar-refractivity contribution in [3.8, 4) is 0 Å². The van der Waals surface area contributed by atoms with E-state index in [1.807, 2.05) is 0 Å². The molecular weight excluding hydrogens is 150 g/mol. The van der Waals surface area contributed by atoms with E-state index in [9.17, 15) is 4.79 Å². The van der Waals surface area contributed by atoms with Crippen molar-refractivity contribution in [3.05, 3.63) is 0 Å². The van der Waals surface area contributed by atoms with Gasteiger partial charge in [-0.15, -0.1) is 0 Å². The molecule has 11 heavy (non-hydrogen) atoms. The van der Waals surface area contributed by atoms with E-state index >= 15 is 0 Å². The summed E-state index contributed by atoms with van der Waals surface area (Å²) in [5, 5.41) is 8.50. The van der Waals surface area contributed by atoms with Gasteiger partial charge in [-0.1, -0.05) is 0 Å². The number of rotatable bonds is 3. The number of hydrogen-bond acceptors (Lipinski definition) is 4. The van der Waals surface area contributed by atoms with Gasteiger partial charge in [0.25, 0.3) is 0 Å². The quantitative estimate of drug-likeness (QED) is 0.546. The third-order valence-corrected chi connectivity index (χ3v) is 1.67. The number of carboxylic acid groups (broad SMARTS) is 1. The summed E-state index contributed by atoms with van der Waals surface area (Å²) in [6.45, 7) is 0.268. The zero-order valence-electron chi connectivity index (χ0n) is 6.03. The Morgan fingerprint density at radius 3 is 2.91 bits per heavy atom. The highest BCUT2D eigenvalue weighted by Gasteiger charge is 2.30. The highest BCUT2D eigenvalue weighted by atomic mass is 16.6. The third-order valence-electron chi connectivity index (χ3n) is 1.67. The fourth-order valence-corrected chi connectivity index (χ4v) is 1.12. The predicted octanol–water partition coefficient (Wildman–Crippen LogP) is -0.491. The first-order valence-corrected chi connectivity index (χ1v) is 3.44. The smallest absolute Gasteiger partial charge is 0.332 e. The van der Waals surface area contributed by atoms with E-state index in [1.165, 1.54) is 0 Å². The number of aliphatic carboxylic acids is 1. The number of nitrogens with two attached hydrogens (primary N) is 1. The molecule has 5 heteroatoms. The first-order valence-electron chi connectivity index (χ1n) is 3.44. The summed E-state index contributed by atoms with van der Waals surface area (Å²) in [4.78, 5) is 14.7. The summed E-state index contributed by atoms with van der Waals surface area (Å²) in [6, 6.07) is 0. The number of carboxylic acids is 1. The van der Waals surface area contributed by atoms with Gasteiger partial charge in [0.15, 0.2) is 6.10 Å². The summed E-state index contributed by atoms with van der Waals surface area (Å²) < 4.78 is 5.06. The van der Waals surface area contributed by atoms with Crippen LogP contribution in [-0.2, 0) is 14.4 Å². The second kappa shape index (κ2) is 3.66. The lowest BCUT2D eigenvalue weighted by molar-refractivity contribution is -0.150. The zero-order valence-corrected chi connectivity index (χ0v) is 6.03. The van der Waals surface area contributed by atoms with Gasteiger partial charge >= 0.3 is 5.97 Å². The van der Waals surface area contributed by atoms with E-state index in [4.69, 9.17) is 15.7 Å². The molecule has 0 bridgehead atoms. The molecule has 2 unspecified atom stereocenters. The maximum Gasteiger partial charge on any atom is 0.332 e. The molecule has 3 N–H and O–H groups in total. The molecule has 1 saturated heterocycles. The monoisotopic (exact) mass is 161 g/mol. The van der Waals surface area contributed by atoms with Crippen LogP contribution in [0.5, 0.6) is 0 Å². The Morgan fingerprint density at radius 2 is 2.45 bits per heavy atom. The summed E-state index contributed by atoms with van der Waals surface area (Å²) >= 11 is 0. The molecule has 0 aromatic rings. The predicted molar refractivity (Wildman–Crippen MR) is 35.7 cm³/mol.